The van der Waals surface area contributed by atoms with E-state index in [9.17, 15) is 19.3 Å². The summed E-state index contributed by atoms with van der Waals surface area (Å²) in [4.78, 5) is 21.8. The number of hydrogen-bond donors (Lipinski definition) is 1. The van der Waals surface area contributed by atoms with Crippen LogP contribution in [0.3, 0.4) is 0 Å². The van der Waals surface area contributed by atoms with Gasteiger partial charge in [-0.15, -0.1) is 0 Å². The van der Waals surface area contributed by atoms with Crippen molar-refractivity contribution in [3.05, 3.63) is 64.5 Å². The molecule has 0 atom stereocenters. The van der Waals surface area contributed by atoms with Gasteiger partial charge in [-0.2, -0.15) is 0 Å². The summed E-state index contributed by atoms with van der Waals surface area (Å²) in [6.45, 7) is 0.00168. The van der Waals surface area contributed by atoms with Crippen LogP contribution in [0.5, 0.6) is 5.75 Å². The highest BCUT2D eigenvalue weighted by Gasteiger charge is 2.09. The Morgan fingerprint density at radius 3 is 2.73 bits per heavy atom. The van der Waals surface area contributed by atoms with Gasteiger partial charge in [-0.1, -0.05) is 18.2 Å². The number of rotatable bonds is 6. The summed E-state index contributed by atoms with van der Waals surface area (Å²) in [7, 11) is 0. The lowest BCUT2D eigenvalue weighted by Gasteiger charge is -2.07. The Bertz CT molecular complexity index is 691. The molecule has 0 spiro atoms. The third kappa shape index (κ3) is 4.27. The minimum atomic E-state index is -0.545. The van der Waals surface area contributed by atoms with Gasteiger partial charge in [-0.3, -0.25) is 14.9 Å². The molecule has 22 heavy (non-hydrogen) atoms. The Morgan fingerprint density at radius 2 is 2.00 bits per heavy atom. The number of para-hydroxylation sites is 1. The molecule has 0 saturated heterocycles. The maximum Gasteiger partial charge on any atom is 0.271 e. The molecule has 0 heterocycles. The highest BCUT2D eigenvalue weighted by atomic mass is 19.1. The van der Waals surface area contributed by atoms with Crippen LogP contribution in [-0.2, 0) is 4.79 Å². The summed E-state index contributed by atoms with van der Waals surface area (Å²) >= 11 is 0. The second-order valence-corrected chi connectivity index (χ2v) is 4.38. The highest BCUT2D eigenvalue weighted by Crippen LogP contribution is 2.18. The molecule has 0 bridgehead atoms. The summed E-state index contributed by atoms with van der Waals surface area (Å²) in [5.41, 5.74) is 0.213. The van der Waals surface area contributed by atoms with Crippen LogP contribution in [0.25, 0.3) is 0 Å². The molecule has 1 amide bonds. The second-order valence-electron chi connectivity index (χ2n) is 4.38. The second kappa shape index (κ2) is 7.16. The van der Waals surface area contributed by atoms with E-state index in [1.807, 2.05) is 0 Å². The van der Waals surface area contributed by atoms with Gasteiger partial charge in [0, 0.05) is 17.8 Å². The highest BCUT2D eigenvalue weighted by molar-refractivity contribution is 5.91. The number of nitro benzene ring substituents is 1. The van der Waals surface area contributed by atoms with Crippen molar-refractivity contribution in [1.29, 1.82) is 0 Å². The number of hydrogen-bond acceptors (Lipinski definition) is 4. The summed E-state index contributed by atoms with van der Waals surface area (Å²) in [5.74, 6) is -0.802. The molecule has 2 aromatic carbocycles. The average Bonchev–Trinajstić information content (AvgIpc) is 2.49. The van der Waals surface area contributed by atoms with Gasteiger partial charge in [-0.05, 0) is 18.2 Å². The molecule has 0 aliphatic carbocycles. The summed E-state index contributed by atoms with van der Waals surface area (Å²) in [6.07, 6.45) is -0.00295. The Kier molecular flexibility index (Phi) is 5.02. The van der Waals surface area contributed by atoms with Crippen LogP contribution in [0, 0.1) is 15.9 Å². The smallest absolute Gasteiger partial charge is 0.271 e. The first kappa shape index (κ1) is 15.4. The molecule has 2 rings (SSSR count). The quantitative estimate of drug-likeness (QED) is 0.656. The first-order valence-electron chi connectivity index (χ1n) is 6.48. The molecule has 0 aliphatic rings. The van der Waals surface area contributed by atoms with E-state index in [0.717, 1.165) is 0 Å². The fraction of sp³-hybridized carbons (Fsp3) is 0.133. The van der Waals surface area contributed by atoms with Crippen molar-refractivity contribution in [2.75, 3.05) is 11.9 Å². The maximum atomic E-state index is 13.3. The van der Waals surface area contributed by atoms with Gasteiger partial charge < -0.3 is 10.1 Å². The van der Waals surface area contributed by atoms with Crippen molar-refractivity contribution in [1.82, 2.24) is 0 Å². The number of nitrogens with one attached hydrogen (secondary N) is 1. The molecule has 2 aromatic rings. The van der Waals surface area contributed by atoms with Gasteiger partial charge in [0.1, 0.15) is 0 Å². The number of non-ortho nitro benzene ring substituents is 1. The molecular weight excluding hydrogens is 291 g/mol. The fourth-order valence-corrected chi connectivity index (χ4v) is 1.74. The summed E-state index contributed by atoms with van der Waals surface area (Å²) < 4.78 is 18.5. The van der Waals surface area contributed by atoms with E-state index in [1.165, 1.54) is 36.4 Å². The fourth-order valence-electron chi connectivity index (χ4n) is 1.74. The lowest BCUT2D eigenvalue weighted by molar-refractivity contribution is -0.384. The summed E-state index contributed by atoms with van der Waals surface area (Å²) in [6, 6.07) is 11.5. The Labute approximate surface area is 125 Å². The minimum absolute atomic E-state index is 0.00168. The summed E-state index contributed by atoms with van der Waals surface area (Å²) in [5, 5.41) is 13.2. The van der Waals surface area contributed by atoms with Crippen LogP contribution in [-0.4, -0.2) is 17.4 Å². The van der Waals surface area contributed by atoms with Crippen LogP contribution in [0.15, 0.2) is 48.5 Å². The zero-order chi connectivity index (χ0) is 15.9. The number of carbonyl (C=O) groups is 1. The molecule has 0 aromatic heterocycles. The van der Waals surface area contributed by atoms with E-state index in [-0.39, 0.29) is 30.4 Å². The van der Waals surface area contributed by atoms with Gasteiger partial charge >= 0.3 is 0 Å². The molecule has 0 radical (unpaired) electrons. The van der Waals surface area contributed by atoms with Crippen molar-refractivity contribution < 1.29 is 18.8 Å². The minimum Gasteiger partial charge on any atom is -0.490 e. The number of ether oxygens (including phenoxy) is 1. The van der Waals surface area contributed by atoms with Crippen molar-refractivity contribution in [2.45, 2.75) is 6.42 Å². The molecule has 114 valence electrons. The predicted molar refractivity (Wildman–Crippen MR) is 78.2 cm³/mol. The zero-order valence-corrected chi connectivity index (χ0v) is 11.5. The van der Waals surface area contributed by atoms with Crippen LogP contribution >= 0.6 is 0 Å². The number of benzene rings is 2. The molecule has 0 fully saturated rings. The monoisotopic (exact) mass is 304 g/mol. The van der Waals surface area contributed by atoms with E-state index in [1.54, 1.807) is 12.1 Å². The van der Waals surface area contributed by atoms with Crippen LogP contribution in [0.4, 0.5) is 15.8 Å². The van der Waals surface area contributed by atoms with E-state index >= 15 is 0 Å². The van der Waals surface area contributed by atoms with E-state index in [4.69, 9.17) is 4.74 Å². The first-order valence-corrected chi connectivity index (χ1v) is 6.48. The third-order valence-electron chi connectivity index (χ3n) is 2.76. The van der Waals surface area contributed by atoms with E-state index in [0.29, 0.717) is 5.69 Å². The van der Waals surface area contributed by atoms with Crippen LogP contribution in [0.1, 0.15) is 6.42 Å². The Balaban J connectivity index is 1.84. The molecule has 0 aliphatic heterocycles. The van der Waals surface area contributed by atoms with Crippen molar-refractivity contribution in [3.63, 3.8) is 0 Å². The number of nitro groups is 1. The third-order valence-corrected chi connectivity index (χ3v) is 2.76. The van der Waals surface area contributed by atoms with Crippen molar-refractivity contribution >= 4 is 17.3 Å². The van der Waals surface area contributed by atoms with E-state index in [2.05, 4.69) is 5.32 Å². The van der Waals surface area contributed by atoms with E-state index < -0.39 is 10.7 Å². The molecular formula is C15H13FN2O4. The lowest BCUT2D eigenvalue weighted by atomic mass is 10.2. The van der Waals surface area contributed by atoms with Crippen LogP contribution in [0.2, 0.25) is 0 Å². The number of halogens is 1. The lowest BCUT2D eigenvalue weighted by Crippen LogP contribution is -2.15. The molecule has 0 unspecified atom stereocenters. The molecule has 6 nitrogen and oxygen atoms in total. The first-order chi connectivity index (χ1) is 10.6. The Morgan fingerprint density at radius 1 is 1.23 bits per heavy atom. The SMILES string of the molecule is O=C(CCOc1ccccc1F)Nc1cccc([N+](=O)[O-])c1. The maximum absolute atomic E-state index is 13.3. The number of anilines is 1. The van der Waals surface area contributed by atoms with Gasteiger partial charge in [0.25, 0.3) is 5.69 Å². The number of carbonyl (C=O) groups excluding carboxylic acids is 1. The van der Waals surface area contributed by atoms with Gasteiger partial charge in [0.2, 0.25) is 5.91 Å². The number of nitrogens with zero attached hydrogens (tertiary/aromatic N) is 1. The van der Waals surface area contributed by atoms with Crippen molar-refractivity contribution in [2.24, 2.45) is 0 Å². The molecule has 7 heteroatoms. The van der Waals surface area contributed by atoms with Crippen molar-refractivity contribution in [3.8, 4) is 5.75 Å². The molecule has 0 saturated carbocycles. The van der Waals surface area contributed by atoms with Crippen LogP contribution < -0.4 is 10.1 Å². The standard InChI is InChI=1S/C15H13FN2O4/c16-13-6-1-2-7-14(13)22-9-8-15(19)17-11-4-3-5-12(10-11)18(20)21/h1-7,10H,8-9H2,(H,17,19). The molecule has 1 N–H and O–H groups in total. The zero-order valence-electron chi connectivity index (χ0n) is 11.5. The topological polar surface area (TPSA) is 81.5 Å². The normalized spacial score (nSPS) is 10.0. The number of amides is 1. The largest absolute Gasteiger partial charge is 0.490 e. The average molecular weight is 304 g/mol. The Hall–Kier alpha value is -2.96. The predicted octanol–water partition coefficient (Wildman–Crippen LogP) is 3.14. The van der Waals surface area contributed by atoms with Gasteiger partial charge in [-0.25, -0.2) is 4.39 Å². The van der Waals surface area contributed by atoms with Gasteiger partial charge in [0.05, 0.1) is 18.0 Å². The van der Waals surface area contributed by atoms with Gasteiger partial charge in [0.15, 0.2) is 11.6 Å².